The number of ether oxygens (including phenoxy) is 3. The smallest absolute Gasteiger partial charge is 0.298 e. The maximum Gasteiger partial charge on any atom is 0.298 e. The van der Waals surface area contributed by atoms with E-state index in [1.807, 2.05) is 0 Å². The van der Waals surface area contributed by atoms with Gasteiger partial charge in [0.2, 0.25) is 0 Å². The normalized spacial score (nSPS) is 13.4. The van der Waals surface area contributed by atoms with Gasteiger partial charge in [0, 0.05) is 6.07 Å². The van der Waals surface area contributed by atoms with Crippen LogP contribution in [0.25, 0.3) is 0 Å². The molecule has 2 rings (SSSR count). The molecule has 0 amide bonds. The van der Waals surface area contributed by atoms with E-state index in [0.717, 1.165) is 0 Å². The van der Waals surface area contributed by atoms with Crippen LogP contribution < -0.4 is 19.7 Å². The van der Waals surface area contributed by atoms with Crippen molar-refractivity contribution in [3.8, 4) is 17.2 Å². The Hall–Kier alpha value is -1.65. The topological polar surface area (TPSA) is 44.8 Å². The van der Waals surface area contributed by atoms with Crippen molar-refractivity contribution in [3.63, 3.8) is 0 Å². The zero-order chi connectivity index (χ0) is 9.97. The summed E-state index contributed by atoms with van der Waals surface area (Å²) in [5, 5.41) is 0. The third-order valence-corrected chi connectivity index (χ3v) is 1.83. The highest BCUT2D eigenvalue weighted by molar-refractivity contribution is 6.34. The van der Waals surface area contributed by atoms with E-state index in [1.54, 1.807) is 6.07 Å². The minimum absolute atomic E-state index is 0.338. The first-order valence-electron chi connectivity index (χ1n) is 4.10. The minimum atomic E-state index is 0.338. The van der Waals surface area contributed by atoms with Crippen LogP contribution in [0.3, 0.4) is 0 Å². The van der Waals surface area contributed by atoms with Crippen molar-refractivity contribution in [2.45, 2.75) is 0 Å². The zero-order valence-electron chi connectivity index (χ0n) is 7.36. The molecule has 0 bridgehead atoms. The lowest BCUT2D eigenvalue weighted by Gasteiger charge is -2.20. The van der Waals surface area contributed by atoms with Gasteiger partial charge in [-0.05, 0) is 11.5 Å². The summed E-state index contributed by atoms with van der Waals surface area (Å²) in [6, 6.07) is 3.08. The molecule has 0 saturated heterocycles. The Morgan fingerprint density at radius 2 is 2.14 bits per heavy atom. The van der Waals surface area contributed by atoms with Crippen LogP contribution in [-0.2, 0) is 4.79 Å². The molecule has 0 spiro atoms. The lowest BCUT2D eigenvalue weighted by atomic mass is 9.94. The van der Waals surface area contributed by atoms with Gasteiger partial charge in [0.1, 0.15) is 26.8 Å². The molecular formula is C9H7BO4. The predicted molar refractivity (Wildman–Crippen MR) is 49.5 cm³/mol. The van der Waals surface area contributed by atoms with Crippen LogP contribution in [0.5, 0.6) is 17.2 Å². The van der Waals surface area contributed by atoms with Gasteiger partial charge in [0.15, 0.2) is 11.5 Å². The van der Waals surface area contributed by atoms with Crippen molar-refractivity contribution in [2.24, 2.45) is 0 Å². The summed E-state index contributed by atoms with van der Waals surface area (Å²) < 4.78 is 15.2. The Bertz CT molecular complexity index is 364. The Labute approximate surface area is 82.2 Å². The number of carbonyl (C=O) groups excluding carboxylic acids is 1. The molecular weight excluding hydrogens is 183 g/mol. The first kappa shape index (κ1) is 8.93. The molecule has 2 radical (unpaired) electrons. The van der Waals surface area contributed by atoms with Gasteiger partial charge in [0.25, 0.3) is 6.47 Å². The molecule has 0 saturated carbocycles. The molecule has 1 aromatic rings. The van der Waals surface area contributed by atoms with Gasteiger partial charge >= 0.3 is 0 Å². The second-order valence-corrected chi connectivity index (χ2v) is 2.75. The number of rotatable bonds is 2. The van der Waals surface area contributed by atoms with Crippen LogP contribution in [0.15, 0.2) is 12.1 Å². The second-order valence-electron chi connectivity index (χ2n) is 2.75. The Morgan fingerprint density at radius 3 is 2.93 bits per heavy atom. The van der Waals surface area contributed by atoms with Crippen LogP contribution >= 0.6 is 0 Å². The van der Waals surface area contributed by atoms with Gasteiger partial charge in [0.05, 0.1) is 0 Å². The fraction of sp³-hybridized carbons (Fsp3) is 0.222. The number of carbonyl (C=O) groups is 1. The molecule has 0 N–H and O–H groups in total. The van der Waals surface area contributed by atoms with Crippen LogP contribution in [0.1, 0.15) is 0 Å². The van der Waals surface area contributed by atoms with Gasteiger partial charge < -0.3 is 14.2 Å². The molecule has 1 aliphatic rings. The van der Waals surface area contributed by atoms with E-state index in [1.165, 1.54) is 6.07 Å². The van der Waals surface area contributed by atoms with Crippen molar-refractivity contribution < 1.29 is 19.0 Å². The third kappa shape index (κ3) is 1.53. The molecule has 0 aromatic heterocycles. The molecule has 70 valence electrons. The zero-order valence-corrected chi connectivity index (χ0v) is 7.36. The molecule has 1 aromatic carbocycles. The van der Waals surface area contributed by atoms with E-state index in [2.05, 4.69) is 4.74 Å². The van der Waals surface area contributed by atoms with Crippen molar-refractivity contribution >= 4 is 19.8 Å². The molecule has 0 unspecified atom stereocenters. The first-order valence-corrected chi connectivity index (χ1v) is 4.10. The van der Waals surface area contributed by atoms with Crippen molar-refractivity contribution in [1.82, 2.24) is 0 Å². The largest absolute Gasteiger partial charge is 0.487 e. The monoisotopic (exact) mass is 190 g/mol. The average molecular weight is 190 g/mol. The Morgan fingerprint density at radius 1 is 1.36 bits per heavy atom. The lowest BCUT2D eigenvalue weighted by molar-refractivity contribution is -0.120. The third-order valence-electron chi connectivity index (χ3n) is 1.83. The van der Waals surface area contributed by atoms with Crippen LogP contribution in [0, 0.1) is 0 Å². The van der Waals surface area contributed by atoms with Gasteiger partial charge in [-0.25, -0.2) is 0 Å². The molecule has 4 nitrogen and oxygen atoms in total. The summed E-state index contributed by atoms with van der Waals surface area (Å²) in [5.74, 6) is 1.37. The fourth-order valence-electron chi connectivity index (χ4n) is 1.28. The van der Waals surface area contributed by atoms with Crippen LogP contribution in [0.2, 0.25) is 0 Å². The van der Waals surface area contributed by atoms with E-state index in [9.17, 15) is 4.79 Å². The molecule has 1 heterocycles. The van der Waals surface area contributed by atoms with E-state index < -0.39 is 0 Å². The van der Waals surface area contributed by atoms with Gasteiger partial charge in [-0.2, -0.15) is 0 Å². The van der Waals surface area contributed by atoms with Crippen molar-refractivity contribution in [1.29, 1.82) is 0 Å². The fourth-order valence-corrected chi connectivity index (χ4v) is 1.28. The van der Waals surface area contributed by atoms with Crippen LogP contribution in [0.4, 0.5) is 0 Å². The van der Waals surface area contributed by atoms with E-state index in [-0.39, 0.29) is 0 Å². The summed E-state index contributed by atoms with van der Waals surface area (Å²) in [4.78, 5) is 10.1. The molecule has 0 fully saturated rings. The quantitative estimate of drug-likeness (QED) is 0.478. The summed E-state index contributed by atoms with van der Waals surface area (Å²) in [6.07, 6.45) is 0. The Balaban J connectivity index is 2.40. The number of benzene rings is 1. The van der Waals surface area contributed by atoms with Gasteiger partial charge in [-0.15, -0.1) is 0 Å². The second kappa shape index (κ2) is 3.61. The molecule has 0 aliphatic carbocycles. The van der Waals surface area contributed by atoms with Crippen molar-refractivity contribution in [3.05, 3.63) is 12.1 Å². The van der Waals surface area contributed by atoms with Gasteiger partial charge in [-0.1, -0.05) is 0 Å². The first-order chi connectivity index (χ1) is 6.81. The summed E-state index contributed by atoms with van der Waals surface area (Å²) in [5.41, 5.74) is 0.402. The highest BCUT2D eigenvalue weighted by atomic mass is 16.6. The van der Waals surface area contributed by atoms with E-state index in [4.69, 9.17) is 17.3 Å². The molecule has 0 atom stereocenters. The SMILES string of the molecule is [B]c1cc(OC=O)cc2c1OCCO2. The standard InChI is InChI=1S/C9H7BO4/c10-7-3-6(14-5-11)4-8-9(7)13-2-1-12-8/h3-5H,1-2H2. The lowest BCUT2D eigenvalue weighted by Crippen LogP contribution is -2.21. The Kier molecular flexibility index (Phi) is 2.31. The highest BCUT2D eigenvalue weighted by Gasteiger charge is 2.15. The summed E-state index contributed by atoms with van der Waals surface area (Å²) in [7, 11) is 5.67. The maximum atomic E-state index is 10.1. The number of fused-ring (bicyclic) bond motifs is 1. The molecule has 14 heavy (non-hydrogen) atoms. The number of hydrogen-bond donors (Lipinski definition) is 0. The number of hydrogen-bond acceptors (Lipinski definition) is 4. The van der Waals surface area contributed by atoms with Crippen molar-refractivity contribution in [2.75, 3.05) is 13.2 Å². The minimum Gasteiger partial charge on any atom is -0.487 e. The van der Waals surface area contributed by atoms with Gasteiger partial charge in [-0.3, -0.25) is 4.79 Å². The van der Waals surface area contributed by atoms with E-state index in [0.29, 0.717) is 42.4 Å². The average Bonchev–Trinajstić information content (AvgIpc) is 2.18. The summed E-state index contributed by atoms with van der Waals surface area (Å²) >= 11 is 0. The van der Waals surface area contributed by atoms with E-state index >= 15 is 0 Å². The molecule has 5 heteroatoms. The van der Waals surface area contributed by atoms with Crippen LogP contribution in [-0.4, -0.2) is 27.5 Å². The highest BCUT2D eigenvalue weighted by Crippen LogP contribution is 2.31. The maximum absolute atomic E-state index is 10.1. The predicted octanol–water partition coefficient (Wildman–Crippen LogP) is -0.213. The summed E-state index contributed by atoms with van der Waals surface area (Å²) in [6.45, 7) is 1.28. The molecule has 1 aliphatic heterocycles.